The molecule has 1 aliphatic heterocycles. The molecule has 2 rings (SSSR count). The standard InChI is InChI=1S/C13H19ClN4O2/c1-3-18-7-9(6-15-18)12-10(4-5-11(19)17-12)16-13(20)8(2)14/h6-8,10,12H,3-5H2,1-2H3,(H,16,20)(H,17,19)/t8?,10-,12+/m1/s1. The van der Waals surface area contributed by atoms with Crippen molar-refractivity contribution < 1.29 is 9.59 Å². The van der Waals surface area contributed by atoms with Gasteiger partial charge in [-0.05, 0) is 20.3 Å². The summed E-state index contributed by atoms with van der Waals surface area (Å²) in [5.74, 6) is -0.232. The van der Waals surface area contributed by atoms with Crippen LogP contribution in [0.4, 0.5) is 0 Å². The highest BCUT2D eigenvalue weighted by molar-refractivity contribution is 6.30. The zero-order valence-corrected chi connectivity index (χ0v) is 12.4. The molecule has 1 aromatic heterocycles. The first kappa shape index (κ1) is 14.8. The van der Waals surface area contributed by atoms with Gasteiger partial charge in [-0.3, -0.25) is 14.3 Å². The Balaban J connectivity index is 2.15. The Morgan fingerprint density at radius 3 is 3.05 bits per heavy atom. The number of rotatable bonds is 4. The number of alkyl halides is 1. The number of nitrogens with zero attached hydrogens (tertiary/aromatic N) is 2. The highest BCUT2D eigenvalue weighted by atomic mass is 35.5. The van der Waals surface area contributed by atoms with Crippen LogP contribution < -0.4 is 10.6 Å². The van der Waals surface area contributed by atoms with Crippen molar-refractivity contribution in [1.82, 2.24) is 20.4 Å². The molecule has 0 aliphatic carbocycles. The van der Waals surface area contributed by atoms with E-state index in [9.17, 15) is 9.59 Å². The van der Waals surface area contributed by atoms with E-state index in [1.54, 1.807) is 17.8 Å². The van der Waals surface area contributed by atoms with Crippen LogP contribution in [0.25, 0.3) is 0 Å². The fourth-order valence-electron chi connectivity index (χ4n) is 2.28. The van der Waals surface area contributed by atoms with Gasteiger partial charge in [0, 0.05) is 24.7 Å². The van der Waals surface area contributed by atoms with E-state index in [4.69, 9.17) is 11.6 Å². The third-order valence-electron chi connectivity index (χ3n) is 3.43. The fraction of sp³-hybridized carbons (Fsp3) is 0.615. The van der Waals surface area contributed by atoms with E-state index in [1.165, 1.54) is 0 Å². The van der Waals surface area contributed by atoms with Crippen LogP contribution in [0, 0.1) is 0 Å². The van der Waals surface area contributed by atoms with Gasteiger partial charge in [-0.25, -0.2) is 0 Å². The lowest BCUT2D eigenvalue weighted by atomic mass is 9.93. The Hall–Kier alpha value is -1.56. The predicted octanol–water partition coefficient (Wildman–Crippen LogP) is 0.966. The number of nitrogens with one attached hydrogen (secondary N) is 2. The van der Waals surface area contributed by atoms with E-state index in [1.807, 2.05) is 13.1 Å². The van der Waals surface area contributed by atoms with Crippen molar-refractivity contribution in [3.8, 4) is 0 Å². The van der Waals surface area contributed by atoms with Crippen molar-refractivity contribution in [2.24, 2.45) is 0 Å². The zero-order valence-electron chi connectivity index (χ0n) is 11.6. The third-order valence-corrected chi connectivity index (χ3v) is 3.62. The largest absolute Gasteiger partial charge is 0.350 e. The van der Waals surface area contributed by atoms with Crippen molar-refractivity contribution in [3.63, 3.8) is 0 Å². The highest BCUT2D eigenvalue weighted by Crippen LogP contribution is 2.24. The molecule has 2 N–H and O–H groups in total. The van der Waals surface area contributed by atoms with E-state index < -0.39 is 5.38 Å². The second-order valence-corrected chi connectivity index (χ2v) is 5.60. The van der Waals surface area contributed by atoms with E-state index in [0.717, 1.165) is 12.1 Å². The molecule has 0 aromatic carbocycles. The maximum Gasteiger partial charge on any atom is 0.238 e. The number of piperidine rings is 1. The van der Waals surface area contributed by atoms with E-state index in [0.29, 0.717) is 12.8 Å². The Morgan fingerprint density at radius 1 is 1.70 bits per heavy atom. The van der Waals surface area contributed by atoms with Gasteiger partial charge in [0.1, 0.15) is 5.38 Å². The smallest absolute Gasteiger partial charge is 0.238 e. The molecular formula is C13H19ClN4O2. The molecule has 1 unspecified atom stereocenters. The predicted molar refractivity (Wildman–Crippen MR) is 75.3 cm³/mol. The van der Waals surface area contributed by atoms with E-state index in [-0.39, 0.29) is 23.9 Å². The van der Waals surface area contributed by atoms with Crippen molar-refractivity contribution >= 4 is 23.4 Å². The lowest BCUT2D eigenvalue weighted by Crippen LogP contribution is -2.51. The summed E-state index contributed by atoms with van der Waals surface area (Å²) in [5, 5.41) is 9.43. The number of aromatic nitrogens is 2. The minimum absolute atomic E-state index is 0.0105. The third kappa shape index (κ3) is 3.30. The highest BCUT2D eigenvalue weighted by Gasteiger charge is 2.32. The number of amides is 2. The van der Waals surface area contributed by atoms with Gasteiger partial charge in [0.25, 0.3) is 0 Å². The Labute approximate surface area is 122 Å². The van der Waals surface area contributed by atoms with Crippen LogP contribution in [0.3, 0.4) is 0 Å². The van der Waals surface area contributed by atoms with Crippen molar-refractivity contribution in [2.75, 3.05) is 0 Å². The monoisotopic (exact) mass is 298 g/mol. The molecule has 0 saturated carbocycles. The van der Waals surface area contributed by atoms with Crippen molar-refractivity contribution in [3.05, 3.63) is 18.0 Å². The van der Waals surface area contributed by atoms with Gasteiger partial charge in [-0.1, -0.05) is 0 Å². The summed E-state index contributed by atoms with van der Waals surface area (Å²) in [6, 6.07) is -0.410. The first-order valence-electron chi connectivity index (χ1n) is 6.77. The van der Waals surface area contributed by atoms with Crippen molar-refractivity contribution in [1.29, 1.82) is 0 Å². The summed E-state index contributed by atoms with van der Waals surface area (Å²) in [4.78, 5) is 23.4. The molecule has 0 radical (unpaired) electrons. The van der Waals surface area contributed by atoms with Crippen LogP contribution in [-0.2, 0) is 16.1 Å². The molecule has 2 amide bonds. The molecule has 20 heavy (non-hydrogen) atoms. The number of halogens is 1. The summed E-state index contributed by atoms with van der Waals surface area (Å²) in [6.45, 7) is 4.38. The number of hydrogen-bond acceptors (Lipinski definition) is 3. The molecule has 1 aromatic rings. The van der Waals surface area contributed by atoms with Crippen LogP contribution >= 0.6 is 11.6 Å². The molecule has 3 atom stereocenters. The maximum atomic E-state index is 11.8. The van der Waals surface area contributed by atoms with E-state index >= 15 is 0 Å². The van der Waals surface area contributed by atoms with Gasteiger partial charge in [0.2, 0.25) is 11.8 Å². The lowest BCUT2D eigenvalue weighted by Gasteiger charge is -2.32. The second-order valence-electron chi connectivity index (χ2n) is 4.94. The average Bonchev–Trinajstić information content (AvgIpc) is 2.89. The average molecular weight is 299 g/mol. The van der Waals surface area contributed by atoms with Gasteiger partial charge in [-0.2, -0.15) is 5.10 Å². The molecular weight excluding hydrogens is 280 g/mol. The normalized spacial score (nSPS) is 24.1. The molecule has 0 bridgehead atoms. The summed E-state index contributed by atoms with van der Waals surface area (Å²) < 4.78 is 1.79. The quantitative estimate of drug-likeness (QED) is 0.813. The number of carbonyl (C=O) groups excluding carboxylic acids is 2. The fourth-order valence-corrected chi connectivity index (χ4v) is 2.34. The Morgan fingerprint density at radius 2 is 2.45 bits per heavy atom. The van der Waals surface area contributed by atoms with Gasteiger partial charge in [0.15, 0.2) is 0 Å². The summed E-state index contributed by atoms with van der Waals surface area (Å²) in [5.41, 5.74) is 0.896. The van der Waals surface area contributed by atoms with Crippen LogP contribution in [0.1, 0.15) is 38.3 Å². The maximum absolute atomic E-state index is 11.8. The Bertz CT molecular complexity index is 500. The minimum atomic E-state index is -0.591. The minimum Gasteiger partial charge on any atom is -0.350 e. The van der Waals surface area contributed by atoms with Crippen LogP contribution in [0.15, 0.2) is 12.4 Å². The first-order chi connectivity index (χ1) is 9.51. The topological polar surface area (TPSA) is 76.0 Å². The van der Waals surface area contributed by atoms with Crippen LogP contribution in [0.2, 0.25) is 0 Å². The Kier molecular flexibility index (Phi) is 4.65. The summed E-state index contributed by atoms with van der Waals surface area (Å²) in [7, 11) is 0. The second kappa shape index (κ2) is 6.26. The van der Waals surface area contributed by atoms with E-state index in [2.05, 4.69) is 15.7 Å². The molecule has 0 spiro atoms. The molecule has 1 saturated heterocycles. The number of aryl methyl sites for hydroxylation is 1. The van der Waals surface area contributed by atoms with Crippen molar-refractivity contribution in [2.45, 2.75) is 50.7 Å². The van der Waals surface area contributed by atoms with Gasteiger partial charge in [-0.15, -0.1) is 11.6 Å². The van der Waals surface area contributed by atoms with Gasteiger partial charge < -0.3 is 10.6 Å². The van der Waals surface area contributed by atoms with Crippen LogP contribution in [-0.4, -0.2) is 33.0 Å². The number of hydrogen-bond donors (Lipinski definition) is 2. The van der Waals surface area contributed by atoms with Crippen LogP contribution in [0.5, 0.6) is 0 Å². The summed E-state index contributed by atoms with van der Waals surface area (Å²) in [6.07, 6.45) is 4.62. The SMILES string of the molecule is CCn1cc([C@@H]2NC(=O)CC[C@H]2NC(=O)C(C)Cl)cn1. The molecule has 1 fully saturated rings. The van der Waals surface area contributed by atoms with Gasteiger partial charge in [0.05, 0.1) is 18.3 Å². The molecule has 1 aliphatic rings. The molecule has 6 nitrogen and oxygen atoms in total. The molecule has 2 heterocycles. The number of carbonyl (C=O) groups is 2. The zero-order chi connectivity index (χ0) is 14.7. The van der Waals surface area contributed by atoms with Gasteiger partial charge >= 0.3 is 0 Å². The molecule has 7 heteroatoms. The molecule has 110 valence electrons. The summed E-state index contributed by atoms with van der Waals surface area (Å²) >= 11 is 5.78. The first-order valence-corrected chi connectivity index (χ1v) is 7.21. The lowest BCUT2D eigenvalue weighted by molar-refractivity contribution is -0.126.